The van der Waals surface area contributed by atoms with Crippen molar-refractivity contribution in [2.45, 2.75) is 13.8 Å². The number of fused-ring (bicyclic) bond motifs is 1. The van der Waals surface area contributed by atoms with Crippen molar-refractivity contribution in [3.8, 4) is 0 Å². The largest absolute Gasteiger partial charge is 0.462 e. The Kier molecular flexibility index (Phi) is 8.60. The third kappa shape index (κ3) is 6.09. The van der Waals surface area contributed by atoms with Gasteiger partial charge in [0, 0.05) is 25.3 Å². The first-order valence-electron chi connectivity index (χ1n) is 12.2. The highest BCUT2D eigenvalue weighted by Gasteiger charge is 2.30. The first-order chi connectivity index (χ1) is 18.6. The summed E-state index contributed by atoms with van der Waals surface area (Å²) in [7, 11) is 3.59. The van der Waals surface area contributed by atoms with Crippen LogP contribution in [0.15, 0.2) is 60.7 Å². The SMILES string of the molecule is CCOC(=O)c1ccc2c(c1)NC(=O)/C2=C(\Nc1cc(Cl)c(N(CC(C)=O)N(C)C)c(Cl)c1)c1ccccc1. The summed E-state index contributed by atoms with van der Waals surface area (Å²) in [6, 6.07) is 17.7. The third-order valence-corrected chi connectivity index (χ3v) is 6.56. The Hall–Kier alpha value is -3.85. The van der Waals surface area contributed by atoms with Crippen molar-refractivity contribution in [1.82, 2.24) is 5.01 Å². The number of hydrogen-bond acceptors (Lipinski definition) is 7. The van der Waals surface area contributed by atoms with Crippen LogP contribution in [0.3, 0.4) is 0 Å². The molecule has 1 amide bonds. The van der Waals surface area contributed by atoms with Gasteiger partial charge in [-0.25, -0.2) is 9.80 Å². The van der Waals surface area contributed by atoms with Crippen molar-refractivity contribution in [2.75, 3.05) is 42.9 Å². The highest BCUT2D eigenvalue weighted by atomic mass is 35.5. The zero-order chi connectivity index (χ0) is 28.3. The fraction of sp³-hybridized carbons (Fsp3) is 0.207. The van der Waals surface area contributed by atoms with Gasteiger partial charge in [-0.2, -0.15) is 0 Å². The number of carbonyl (C=O) groups is 3. The minimum absolute atomic E-state index is 0.0499. The predicted molar refractivity (Wildman–Crippen MR) is 156 cm³/mol. The molecule has 1 heterocycles. The molecule has 202 valence electrons. The van der Waals surface area contributed by atoms with E-state index >= 15 is 0 Å². The Labute approximate surface area is 237 Å². The van der Waals surface area contributed by atoms with Crippen LogP contribution in [0.5, 0.6) is 0 Å². The molecule has 0 fully saturated rings. The molecule has 1 aliphatic heterocycles. The number of ether oxygens (including phenoxy) is 1. The van der Waals surface area contributed by atoms with E-state index in [1.165, 1.54) is 6.92 Å². The first-order valence-corrected chi connectivity index (χ1v) is 13.0. The highest BCUT2D eigenvalue weighted by molar-refractivity contribution is 6.40. The summed E-state index contributed by atoms with van der Waals surface area (Å²) in [6.45, 7) is 3.58. The minimum atomic E-state index is -0.464. The van der Waals surface area contributed by atoms with Crippen molar-refractivity contribution < 1.29 is 19.1 Å². The lowest BCUT2D eigenvalue weighted by Crippen LogP contribution is -2.40. The van der Waals surface area contributed by atoms with Crippen LogP contribution in [-0.2, 0) is 14.3 Å². The van der Waals surface area contributed by atoms with Gasteiger partial charge in [0.2, 0.25) is 0 Å². The van der Waals surface area contributed by atoms with E-state index in [4.69, 9.17) is 27.9 Å². The number of halogens is 2. The Morgan fingerprint density at radius 3 is 2.23 bits per heavy atom. The van der Waals surface area contributed by atoms with Crippen molar-refractivity contribution >= 4 is 69.2 Å². The van der Waals surface area contributed by atoms with Gasteiger partial charge in [0.25, 0.3) is 5.91 Å². The lowest BCUT2D eigenvalue weighted by atomic mass is 9.99. The number of carbonyl (C=O) groups excluding carboxylic acids is 3. The Balaban J connectivity index is 1.81. The molecule has 0 spiro atoms. The van der Waals surface area contributed by atoms with Crippen molar-refractivity contribution in [3.63, 3.8) is 0 Å². The van der Waals surface area contributed by atoms with Crippen molar-refractivity contribution in [3.05, 3.63) is 87.4 Å². The summed E-state index contributed by atoms with van der Waals surface area (Å²) in [5.74, 6) is -0.841. The second-order valence-corrected chi connectivity index (χ2v) is 9.89. The van der Waals surface area contributed by atoms with E-state index in [0.717, 1.165) is 5.56 Å². The van der Waals surface area contributed by atoms with Gasteiger partial charge in [-0.1, -0.05) is 59.6 Å². The fourth-order valence-corrected chi connectivity index (χ4v) is 4.99. The van der Waals surface area contributed by atoms with Gasteiger partial charge in [0.15, 0.2) is 5.78 Å². The molecule has 0 aliphatic carbocycles. The van der Waals surface area contributed by atoms with Crippen molar-refractivity contribution in [2.24, 2.45) is 0 Å². The number of nitrogens with one attached hydrogen (secondary N) is 2. The molecule has 0 atom stereocenters. The maximum absolute atomic E-state index is 13.3. The van der Waals surface area contributed by atoms with Gasteiger partial charge < -0.3 is 15.4 Å². The molecule has 0 saturated carbocycles. The predicted octanol–water partition coefficient (Wildman–Crippen LogP) is 5.97. The number of hydrogen-bond donors (Lipinski definition) is 2. The van der Waals surface area contributed by atoms with Crippen LogP contribution in [-0.4, -0.2) is 49.9 Å². The molecule has 39 heavy (non-hydrogen) atoms. The van der Waals surface area contributed by atoms with Gasteiger partial charge in [0.1, 0.15) is 0 Å². The topological polar surface area (TPSA) is 91.0 Å². The fourth-order valence-electron chi connectivity index (χ4n) is 4.31. The molecule has 4 rings (SSSR count). The number of anilines is 3. The number of esters is 1. The molecule has 0 saturated heterocycles. The van der Waals surface area contributed by atoms with Gasteiger partial charge in [-0.15, -0.1) is 0 Å². The van der Waals surface area contributed by atoms with E-state index in [0.29, 0.717) is 49.5 Å². The van der Waals surface area contributed by atoms with Crippen LogP contribution in [0, 0.1) is 0 Å². The monoisotopic (exact) mass is 566 g/mol. The van der Waals surface area contributed by atoms with Gasteiger partial charge >= 0.3 is 5.97 Å². The number of nitrogens with zero attached hydrogens (tertiary/aromatic N) is 2. The maximum atomic E-state index is 13.3. The Morgan fingerprint density at radius 1 is 0.974 bits per heavy atom. The second-order valence-electron chi connectivity index (χ2n) is 9.07. The number of hydrazine groups is 1. The lowest BCUT2D eigenvalue weighted by molar-refractivity contribution is -0.116. The quantitative estimate of drug-likeness (QED) is 0.187. The van der Waals surface area contributed by atoms with E-state index < -0.39 is 5.97 Å². The standard InChI is InChI=1S/C29H28Cl2N4O4/c1-5-39-29(38)19-11-12-21-24(13-19)33-28(37)25(21)26(18-9-7-6-8-10-18)32-20-14-22(30)27(23(31)15-20)35(34(3)4)16-17(2)36/h6-15,32H,5,16H2,1-4H3,(H,33,37)/b26-25-. The van der Waals surface area contributed by atoms with E-state index in [9.17, 15) is 14.4 Å². The summed E-state index contributed by atoms with van der Waals surface area (Å²) in [5.41, 5.74) is 4.21. The van der Waals surface area contributed by atoms with E-state index in [-0.39, 0.29) is 24.8 Å². The number of benzene rings is 3. The van der Waals surface area contributed by atoms with Crippen LogP contribution >= 0.6 is 23.2 Å². The van der Waals surface area contributed by atoms with Crippen LogP contribution in [0.1, 0.15) is 35.3 Å². The summed E-state index contributed by atoms with van der Waals surface area (Å²) in [4.78, 5) is 37.4. The number of amides is 1. The summed E-state index contributed by atoms with van der Waals surface area (Å²) in [6.07, 6.45) is 0. The smallest absolute Gasteiger partial charge is 0.338 e. The van der Waals surface area contributed by atoms with Crippen LogP contribution in [0.2, 0.25) is 10.0 Å². The maximum Gasteiger partial charge on any atom is 0.338 e. The molecule has 0 aromatic heterocycles. The third-order valence-electron chi connectivity index (χ3n) is 5.99. The zero-order valence-corrected chi connectivity index (χ0v) is 23.5. The summed E-state index contributed by atoms with van der Waals surface area (Å²) in [5, 5.41) is 10.3. The lowest BCUT2D eigenvalue weighted by Gasteiger charge is -2.32. The molecule has 2 N–H and O–H groups in total. The molecule has 1 aliphatic rings. The number of ketones is 1. The average Bonchev–Trinajstić information content (AvgIpc) is 3.21. The summed E-state index contributed by atoms with van der Waals surface area (Å²) >= 11 is 13.4. The minimum Gasteiger partial charge on any atom is -0.462 e. The second kappa shape index (κ2) is 11.9. The summed E-state index contributed by atoms with van der Waals surface area (Å²) < 4.78 is 5.10. The molecule has 8 nitrogen and oxygen atoms in total. The molecule has 3 aromatic rings. The normalized spacial score (nSPS) is 13.6. The Morgan fingerprint density at radius 2 is 1.64 bits per heavy atom. The van der Waals surface area contributed by atoms with Crippen LogP contribution < -0.4 is 15.6 Å². The van der Waals surface area contributed by atoms with E-state index in [1.807, 2.05) is 30.3 Å². The van der Waals surface area contributed by atoms with Gasteiger partial charge in [-0.3, -0.25) is 14.6 Å². The van der Waals surface area contributed by atoms with E-state index in [2.05, 4.69) is 10.6 Å². The molecule has 10 heteroatoms. The molecule has 3 aromatic carbocycles. The van der Waals surface area contributed by atoms with Crippen LogP contribution in [0.25, 0.3) is 11.3 Å². The Bertz CT molecular complexity index is 1450. The molecular weight excluding hydrogens is 539 g/mol. The highest BCUT2D eigenvalue weighted by Crippen LogP contribution is 2.41. The van der Waals surface area contributed by atoms with Gasteiger partial charge in [-0.05, 0) is 43.7 Å². The number of rotatable bonds is 9. The molecule has 0 unspecified atom stereocenters. The van der Waals surface area contributed by atoms with Crippen molar-refractivity contribution in [1.29, 1.82) is 0 Å². The molecular formula is C29H28Cl2N4O4. The molecule has 0 radical (unpaired) electrons. The van der Waals surface area contributed by atoms with E-state index in [1.54, 1.807) is 61.4 Å². The average molecular weight is 567 g/mol. The first kappa shape index (κ1) is 28.2. The van der Waals surface area contributed by atoms with Gasteiger partial charge in [0.05, 0.1) is 51.4 Å². The molecule has 0 bridgehead atoms. The zero-order valence-electron chi connectivity index (χ0n) is 22.0. The van der Waals surface area contributed by atoms with Crippen LogP contribution in [0.4, 0.5) is 17.1 Å². The number of Topliss-reactive ketones (excluding diaryl/α,β-unsaturated/α-hetero) is 1.